The van der Waals surface area contributed by atoms with Gasteiger partial charge in [-0.3, -0.25) is 14.4 Å². The first kappa shape index (κ1) is 16.4. The highest BCUT2D eigenvalue weighted by Gasteiger charge is 2.50. The van der Waals surface area contributed by atoms with Crippen molar-refractivity contribution in [2.24, 2.45) is 18.4 Å². The van der Waals surface area contributed by atoms with Crippen molar-refractivity contribution in [1.82, 2.24) is 19.6 Å². The van der Waals surface area contributed by atoms with Gasteiger partial charge in [-0.15, -0.1) is 0 Å². The minimum Gasteiger partial charge on any atom is -0.380 e. The molecule has 0 bridgehead atoms. The van der Waals surface area contributed by atoms with Gasteiger partial charge in [-0.1, -0.05) is 0 Å². The van der Waals surface area contributed by atoms with E-state index in [0.29, 0.717) is 12.5 Å². The second-order valence-electron chi connectivity index (χ2n) is 7.05. The van der Waals surface area contributed by atoms with Crippen LogP contribution in [-0.4, -0.2) is 79.1 Å². The molecule has 23 heavy (non-hydrogen) atoms. The molecule has 7 nitrogen and oxygen atoms in total. The van der Waals surface area contributed by atoms with Crippen molar-refractivity contribution in [3.63, 3.8) is 0 Å². The van der Waals surface area contributed by atoms with Crippen molar-refractivity contribution in [2.75, 3.05) is 53.6 Å². The van der Waals surface area contributed by atoms with E-state index in [1.807, 2.05) is 17.9 Å². The third-order valence-corrected chi connectivity index (χ3v) is 4.87. The summed E-state index contributed by atoms with van der Waals surface area (Å²) in [7, 11) is 5.43. The molecule has 7 heteroatoms. The second kappa shape index (κ2) is 6.59. The normalized spacial score (nSPS) is 27.3. The molecule has 0 unspecified atom stereocenters. The summed E-state index contributed by atoms with van der Waals surface area (Å²) in [5, 5.41) is 4.23. The van der Waals surface area contributed by atoms with Crippen molar-refractivity contribution in [2.45, 2.75) is 6.54 Å². The Hall–Kier alpha value is -1.44. The van der Waals surface area contributed by atoms with Crippen LogP contribution in [0.1, 0.15) is 5.56 Å². The fourth-order valence-electron chi connectivity index (χ4n) is 3.55. The number of fused-ring (bicyclic) bond motifs is 1. The smallest absolute Gasteiger partial charge is 0.248 e. The summed E-state index contributed by atoms with van der Waals surface area (Å²) in [5.41, 5.74) is 1.25. The molecular weight excluding hydrogens is 296 g/mol. The molecule has 2 aliphatic rings. The van der Waals surface area contributed by atoms with E-state index in [4.69, 9.17) is 9.47 Å². The van der Waals surface area contributed by atoms with Crippen LogP contribution in [0, 0.1) is 11.3 Å². The first-order chi connectivity index (χ1) is 11.0. The predicted molar refractivity (Wildman–Crippen MR) is 84.7 cm³/mol. The molecule has 1 aromatic rings. The van der Waals surface area contributed by atoms with Crippen LogP contribution < -0.4 is 0 Å². The molecule has 1 amide bonds. The lowest BCUT2D eigenvalue weighted by atomic mass is 9.82. The first-order valence-corrected chi connectivity index (χ1v) is 8.04. The number of hydrogen-bond acceptors (Lipinski definition) is 5. The maximum atomic E-state index is 11.7. The van der Waals surface area contributed by atoms with Gasteiger partial charge in [-0.25, -0.2) is 0 Å². The summed E-state index contributed by atoms with van der Waals surface area (Å²) in [6, 6.07) is 0. The molecule has 2 aliphatic heterocycles. The molecule has 1 aromatic heterocycles. The summed E-state index contributed by atoms with van der Waals surface area (Å²) in [6.45, 7) is 5.10. The lowest BCUT2D eigenvalue weighted by molar-refractivity contribution is -0.135. The van der Waals surface area contributed by atoms with Gasteiger partial charge >= 0.3 is 0 Å². The summed E-state index contributed by atoms with van der Waals surface area (Å²) >= 11 is 0. The second-order valence-corrected chi connectivity index (χ2v) is 7.05. The maximum absolute atomic E-state index is 11.7. The zero-order valence-corrected chi connectivity index (χ0v) is 14.2. The number of amides is 1. The molecule has 0 aliphatic carbocycles. The number of ether oxygens (including phenoxy) is 2. The highest BCUT2D eigenvalue weighted by atomic mass is 16.5. The lowest BCUT2D eigenvalue weighted by Gasteiger charge is -2.27. The van der Waals surface area contributed by atoms with E-state index in [-0.39, 0.29) is 17.9 Å². The largest absolute Gasteiger partial charge is 0.380 e. The van der Waals surface area contributed by atoms with E-state index < -0.39 is 0 Å². The summed E-state index contributed by atoms with van der Waals surface area (Å²) in [5.74, 6) is 0.482. The van der Waals surface area contributed by atoms with Crippen molar-refractivity contribution in [3.8, 4) is 0 Å². The fraction of sp³-hybridized carbons (Fsp3) is 0.750. The Morgan fingerprint density at radius 3 is 3.09 bits per heavy atom. The number of nitrogens with zero attached hydrogens (tertiary/aromatic N) is 4. The lowest BCUT2D eigenvalue weighted by Crippen LogP contribution is -2.37. The number of rotatable bonds is 6. The third-order valence-electron chi connectivity index (χ3n) is 4.87. The molecule has 0 N–H and O–H groups in total. The van der Waals surface area contributed by atoms with E-state index in [0.717, 1.165) is 32.8 Å². The standard InChI is InChI=1S/C16H26N4O3/c1-18(2)15(21)9-23-12-16-10-20(7-14(16)8-22-11-16)6-13-4-17-19(3)5-13/h4-5,14H,6-12H2,1-3H3/t14-,16+/m1/s1. The van der Waals surface area contributed by atoms with Crippen LogP contribution >= 0.6 is 0 Å². The molecule has 3 rings (SSSR count). The number of likely N-dealkylation sites (tertiary alicyclic amines) is 1. The van der Waals surface area contributed by atoms with Gasteiger partial charge in [0.2, 0.25) is 5.91 Å². The van der Waals surface area contributed by atoms with Crippen LogP contribution in [0.25, 0.3) is 0 Å². The average molecular weight is 322 g/mol. The van der Waals surface area contributed by atoms with Gasteiger partial charge in [0.1, 0.15) is 6.61 Å². The van der Waals surface area contributed by atoms with Crippen LogP contribution in [0.3, 0.4) is 0 Å². The zero-order valence-electron chi connectivity index (χ0n) is 14.2. The Kier molecular flexibility index (Phi) is 4.70. The summed E-state index contributed by atoms with van der Waals surface area (Å²) in [4.78, 5) is 15.7. The highest BCUT2D eigenvalue weighted by molar-refractivity contribution is 5.76. The summed E-state index contributed by atoms with van der Waals surface area (Å²) in [6.07, 6.45) is 3.98. The summed E-state index contributed by atoms with van der Waals surface area (Å²) < 4.78 is 13.3. The van der Waals surface area contributed by atoms with E-state index in [2.05, 4.69) is 16.2 Å². The van der Waals surface area contributed by atoms with Crippen LogP contribution in [0.4, 0.5) is 0 Å². The fourth-order valence-corrected chi connectivity index (χ4v) is 3.55. The molecule has 0 saturated carbocycles. The molecule has 0 aromatic carbocycles. The zero-order chi connectivity index (χ0) is 16.4. The predicted octanol–water partition coefficient (Wildman–Crippen LogP) is -0.0267. The molecular formula is C16H26N4O3. The van der Waals surface area contributed by atoms with Gasteiger partial charge in [0, 0.05) is 63.9 Å². The van der Waals surface area contributed by atoms with Gasteiger partial charge in [-0.05, 0) is 0 Å². The topological polar surface area (TPSA) is 59.8 Å². The molecule has 0 radical (unpaired) electrons. The number of carbonyl (C=O) groups excluding carboxylic acids is 1. The number of likely N-dealkylation sites (N-methyl/N-ethyl adjacent to an activating group) is 1. The third kappa shape index (κ3) is 3.57. The Bertz CT molecular complexity index is 559. The number of hydrogen-bond donors (Lipinski definition) is 0. The van der Waals surface area contributed by atoms with Gasteiger partial charge in [0.05, 0.1) is 26.0 Å². The minimum absolute atomic E-state index is 0.00192. The van der Waals surface area contributed by atoms with Crippen LogP contribution in [-0.2, 0) is 27.9 Å². The Balaban J connectivity index is 1.56. The van der Waals surface area contributed by atoms with Crippen molar-refractivity contribution in [3.05, 3.63) is 18.0 Å². The van der Waals surface area contributed by atoms with Gasteiger partial charge in [0.15, 0.2) is 0 Å². The van der Waals surface area contributed by atoms with Crippen molar-refractivity contribution in [1.29, 1.82) is 0 Å². The van der Waals surface area contributed by atoms with Gasteiger partial charge < -0.3 is 14.4 Å². The van der Waals surface area contributed by atoms with Gasteiger partial charge in [0.25, 0.3) is 0 Å². The molecule has 128 valence electrons. The molecule has 3 heterocycles. The number of carbonyl (C=O) groups is 1. The van der Waals surface area contributed by atoms with E-state index in [1.54, 1.807) is 19.0 Å². The SMILES string of the molecule is CN(C)C(=O)COC[C@]12COC[C@H]1CN(Cc1cnn(C)c1)C2. The Morgan fingerprint density at radius 2 is 2.39 bits per heavy atom. The van der Waals surface area contributed by atoms with E-state index in [1.165, 1.54) is 5.56 Å². The molecule has 0 spiro atoms. The Morgan fingerprint density at radius 1 is 1.57 bits per heavy atom. The Labute approximate surface area is 137 Å². The minimum atomic E-state index is 0.00192. The quantitative estimate of drug-likeness (QED) is 0.736. The van der Waals surface area contributed by atoms with Crippen molar-refractivity contribution < 1.29 is 14.3 Å². The average Bonchev–Trinajstić information content (AvgIpc) is 3.13. The van der Waals surface area contributed by atoms with Crippen LogP contribution in [0.2, 0.25) is 0 Å². The first-order valence-electron chi connectivity index (χ1n) is 8.04. The van der Waals surface area contributed by atoms with Crippen LogP contribution in [0.15, 0.2) is 12.4 Å². The molecule has 2 fully saturated rings. The van der Waals surface area contributed by atoms with Gasteiger partial charge in [-0.2, -0.15) is 5.10 Å². The molecule has 2 atom stereocenters. The van der Waals surface area contributed by atoms with Crippen LogP contribution in [0.5, 0.6) is 0 Å². The van der Waals surface area contributed by atoms with Crippen molar-refractivity contribution >= 4 is 5.91 Å². The number of aryl methyl sites for hydroxylation is 1. The number of aromatic nitrogens is 2. The maximum Gasteiger partial charge on any atom is 0.248 e. The van der Waals surface area contributed by atoms with E-state index in [9.17, 15) is 4.79 Å². The molecule has 2 saturated heterocycles. The van der Waals surface area contributed by atoms with E-state index >= 15 is 0 Å². The highest BCUT2D eigenvalue weighted by Crippen LogP contribution is 2.41. The monoisotopic (exact) mass is 322 g/mol.